The molecule has 0 aliphatic carbocycles. The molecule has 0 aromatic heterocycles. The van der Waals surface area contributed by atoms with Crippen molar-refractivity contribution in [3.63, 3.8) is 0 Å². The van der Waals surface area contributed by atoms with Crippen LogP contribution in [0.2, 0.25) is 0 Å². The van der Waals surface area contributed by atoms with E-state index in [1.807, 2.05) is 50.2 Å². The number of nitrogens with one attached hydrogen (secondary N) is 1. The highest BCUT2D eigenvalue weighted by atomic mass is 32.2. The lowest BCUT2D eigenvalue weighted by molar-refractivity contribution is -0.129. The first-order valence-corrected chi connectivity index (χ1v) is 15.8. The van der Waals surface area contributed by atoms with Gasteiger partial charge in [-0.2, -0.15) is 4.31 Å². The molecule has 1 fully saturated rings. The Balaban J connectivity index is 1.29. The summed E-state index contributed by atoms with van der Waals surface area (Å²) < 4.78 is 40.1. The number of benzene rings is 3. The number of piperidine rings is 1. The number of ether oxygens (including phenoxy) is 2. The lowest BCUT2D eigenvalue weighted by Gasteiger charge is -2.38. The molecule has 0 unspecified atom stereocenters. The molecule has 2 aliphatic heterocycles. The topological polar surface area (TPSA) is 105 Å². The van der Waals surface area contributed by atoms with E-state index in [4.69, 9.17) is 9.47 Å². The summed E-state index contributed by atoms with van der Waals surface area (Å²) in [6.07, 6.45) is 0.912. The van der Waals surface area contributed by atoms with E-state index < -0.39 is 22.0 Å². The molecule has 222 valence electrons. The Morgan fingerprint density at radius 3 is 2.55 bits per heavy atom. The third-order valence-electron chi connectivity index (χ3n) is 7.71. The summed E-state index contributed by atoms with van der Waals surface area (Å²) in [6.45, 7) is 5.08. The van der Waals surface area contributed by atoms with Crippen molar-refractivity contribution in [3.8, 4) is 11.5 Å². The molecule has 3 aromatic rings. The van der Waals surface area contributed by atoms with Crippen molar-refractivity contribution in [1.82, 2.24) is 9.62 Å². The van der Waals surface area contributed by atoms with E-state index in [9.17, 15) is 18.0 Å². The molecule has 2 amide bonds. The fourth-order valence-electron chi connectivity index (χ4n) is 5.50. The molecule has 0 saturated carbocycles. The maximum Gasteiger partial charge on any atom is 0.262 e. The van der Waals surface area contributed by atoms with Crippen molar-refractivity contribution in [2.75, 3.05) is 37.7 Å². The van der Waals surface area contributed by atoms with Crippen molar-refractivity contribution in [3.05, 3.63) is 83.9 Å². The Hall–Kier alpha value is -3.89. The van der Waals surface area contributed by atoms with E-state index in [2.05, 4.69) is 5.32 Å². The number of anilines is 1. The van der Waals surface area contributed by atoms with Crippen molar-refractivity contribution in [2.45, 2.75) is 44.1 Å². The van der Waals surface area contributed by atoms with Crippen LogP contribution in [0.3, 0.4) is 0 Å². The number of hydrogen-bond donors (Lipinski definition) is 1. The first-order valence-electron chi connectivity index (χ1n) is 14.4. The lowest BCUT2D eigenvalue weighted by atomic mass is 9.97. The average molecular weight is 592 g/mol. The van der Waals surface area contributed by atoms with Crippen LogP contribution < -0.4 is 19.7 Å². The summed E-state index contributed by atoms with van der Waals surface area (Å²) in [5, 5.41) is 2.93. The van der Waals surface area contributed by atoms with E-state index in [-0.39, 0.29) is 29.8 Å². The van der Waals surface area contributed by atoms with E-state index in [0.29, 0.717) is 56.1 Å². The van der Waals surface area contributed by atoms with Gasteiger partial charge >= 0.3 is 0 Å². The molecule has 42 heavy (non-hydrogen) atoms. The summed E-state index contributed by atoms with van der Waals surface area (Å²) in [5.41, 5.74) is 2.43. The monoisotopic (exact) mass is 591 g/mol. The summed E-state index contributed by atoms with van der Waals surface area (Å²) in [4.78, 5) is 28.8. The molecule has 1 N–H and O–H groups in total. The number of aryl methyl sites for hydroxylation is 1. The normalized spacial score (nSPS) is 19.0. The summed E-state index contributed by atoms with van der Waals surface area (Å²) in [7, 11) is -3.81. The fourth-order valence-corrected chi connectivity index (χ4v) is 7.11. The van der Waals surface area contributed by atoms with Gasteiger partial charge in [-0.15, -0.1) is 0 Å². The van der Waals surface area contributed by atoms with Crippen LogP contribution >= 0.6 is 0 Å². The molecule has 0 spiro atoms. The molecule has 0 bridgehead atoms. The molecule has 2 aliphatic rings. The average Bonchev–Trinajstić information content (AvgIpc) is 3.01. The van der Waals surface area contributed by atoms with Gasteiger partial charge < -0.3 is 19.7 Å². The zero-order valence-corrected chi connectivity index (χ0v) is 24.8. The van der Waals surface area contributed by atoms with Crippen LogP contribution in [0.4, 0.5) is 5.69 Å². The smallest absolute Gasteiger partial charge is 0.262 e. The van der Waals surface area contributed by atoms with E-state index in [1.165, 1.54) is 4.31 Å². The zero-order chi connectivity index (χ0) is 29.7. The van der Waals surface area contributed by atoms with Crippen molar-refractivity contribution >= 4 is 27.5 Å². The minimum Gasteiger partial charge on any atom is -0.494 e. The van der Waals surface area contributed by atoms with Gasteiger partial charge in [-0.1, -0.05) is 42.5 Å². The number of para-hydroxylation sites is 2. The Labute approximate surface area is 247 Å². The lowest BCUT2D eigenvalue weighted by Crippen LogP contribution is -2.54. The van der Waals surface area contributed by atoms with Crippen LogP contribution in [-0.4, -0.2) is 63.4 Å². The molecular formula is C32H37N3O6S. The molecule has 10 heteroatoms. The van der Waals surface area contributed by atoms with Crippen molar-refractivity contribution < 1.29 is 27.5 Å². The summed E-state index contributed by atoms with van der Waals surface area (Å²) in [6, 6.07) is 21.9. The predicted molar refractivity (Wildman–Crippen MR) is 160 cm³/mol. The number of fused-ring (bicyclic) bond motifs is 1. The maximum absolute atomic E-state index is 14.0. The van der Waals surface area contributed by atoms with Crippen LogP contribution in [0.25, 0.3) is 0 Å². The van der Waals surface area contributed by atoms with E-state index in [1.54, 1.807) is 41.3 Å². The first-order chi connectivity index (χ1) is 20.3. The molecular weight excluding hydrogens is 554 g/mol. The second-order valence-corrected chi connectivity index (χ2v) is 12.6. The predicted octanol–water partition coefficient (Wildman–Crippen LogP) is 3.95. The third-order valence-corrected chi connectivity index (χ3v) is 9.57. The second kappa shape index (κ2) is 13.0. The largest absolute Gasteiger partial charge is 0.494 e. The Bertz CT molecular complexity index is 1530. The van der Waals surface area contributed by atoms with Gasteiger partial charge in [0.15, 0.2) is 6.10 Å². The molecule has 5 rings (SSSR count). The SMILES string of the molecule is CCOc1ccc(S(=O)(=O)N2CCC[C@H](C(=O)N3C[C@H](C(=O)NCCc4ccccc4)Oc4ccccc43)C2)cc1C. The van der Waals surface area contributed by atoms with Crippen molar-refractivity contribution in [2.24, 2.45) is 5.92 Å². The molecule has 1 saturated heterocycles. The summed E-state index contributed by atoms with van der Waals surface area (Å²) >= 11 is 0. The Morgan fingerprint density at radius 2 is 1.79 bits per heavy atom. The minimum absolute atomic E-state index is 0.0500. The Morgan fingerprint density at radius 1 is 1.02 bits per heavy atom. The number of carbonyl (C=O) groups is 2. The van der Waals surface area contributed by atoms with Gasteiger partial charge in [0, 0.05) is 19.6 Å². The van der Waals surface area contributed by atoms with Crippen LogP contribution in [0.5, 0.6) is 11.5 Å². The number of rotatable bonds is 9. The second-order valence-electron chi connectivity index (χ2n) is 10.6. The summed E-state index contributed by atoms with van der Waals surface area (Å²) in [5.74, 6) is 0.0380. The minimum atomic E-state index is -3.81. The number of hydrogen-bond acceptors (Lipinski definition) is 6. The number of carbonyl (C=O) groups excluding carboxylic acids is 2. The van der Waals surface area contributed by atoms with Crippen LogP contribution in [-0.2, 0) is 26.0 Å². The standard InChI is InChI=1S/C32H37N3O6S/c1-3-40-28-16-15-26(20-23(28)2)42(38,39)34-19-9-12-25(21-34)32(37)35-22-30(41-29-14-8-7-13-27(29)35)31(36)33-18-17-24-10-5-4-6-11-24/h4-8,10-11,13-16,20,25,30H,3,9,12,17-19,21-22H2,1-2H3,(H,33,36)/t25-,30+/m0/s1. The van der Waals surface area contributed by atoms with Gasteiger partial charge in [0.25, 0.3) is 5.91 Å². The number of sulfonamides is 1. The maximum atomic E-state index is 14.0. The highest BCUT2D eigenvalue weighted by Gasteiger charge is 2.39. The fraction of sp³-hybridized carbons (Fsp3) is 0.375. The highest BCUT2D eigenvalue weighted by Crippen LogP contribution is 2.36. The van der Waals surface area contributed by atoms with Crippen LogP contribution in [0, 0.1) is 12.8 Å². The molecule has 3 aromatic carbocycles. The number of nitrogens with zero attached hydrogens (tertiary/aromatic N) is 2. The van der Waals surface area contributed by atoms with E-state index >= 15 is 0 Å². The highest BCUT2D eigenvalue weighted by molar-refractivity contribution is 7.89. The molecule has 9 nitrogen and oxygen atoms in total. The molecule has 0 radical (unpaired) electrons. The van der Waals surface area contributed by atoms with E-state index in [0.717, 1.165) is 11.1 Å². The van der Waals surface area contributed by atoms with Crippen LogP contribution in [0.15, 0.2) is 77.7 Å². The third kappa shape index (κ3) is 6.44. The first kappa shape index (κ1) is 29.6. The Kier molecular flexibility index (Phi) is 9.13. The van der Waals surface area contributed by atoms with Gasteiger partial charge in [-0.3, -0.25) is 9.59 Å². The van der Waals surface area contributed by atoms with Gasteiger partial charge in [-0.05, 0) is 74.6 Å². The molecule has 2 heterocycles. The van der Waals surface area contributed by atoms with Gasteiger partial charge in [0.2, 0.25) is 15.9 Å². The van der Waals surface area contributed by atoms with Crippen molar-refractivity contribution in [1.29, 1.82) is 0 Å². The van der Waals surface area contributed by atoms with Gasteiger partial charge in [-0.25, -0.2) is 8.42 Å². The molecule has 2 atom stereocenters. The number of amides is 2. The van der Waals surface area contributed by atoms with Crippen LogP contribution in [0.1, 0.15) is 30.9 Å². The van der Waals surface area contributed by atoms with Gasteiger partial charge in [0.1, 0.15) is 11.5 Å². The van der Waals surface area contributed by atoms with Gasteiger partial charge in [0.05, 0.1) is 29.7 Å². The quantitative estimate of drug-likeness (QED) is 0.404. The zero-order valence-electron chi connectivity index (χ0n) is 24.0.